The van der Waals surface area contributed by atoms with Crippen molar-refractivity contribution in [1.29, 1.82) is 0 Å². The van der Waals surface area contributed by atoms with Gasteiger partial charge in [0.25, 0.3) is 0 Å². The monoisotopic (exact) mass is 140 g/mol. The molecule has 0 aromatic carbocycles. The molecule has 46 valence electrons. The van der Waals surface area contributed by atoms with Crippen LogP contribution in [0.2, 0.25) is 5.02 Å². The summed E-state index contributed by atoms with van der Waals surface area (Å²) in [5.41, 5.74) is 0. The molecule has 0 amide bonds. The molecular formula is C6H5ClN2. The zero-order chi connectivity index (χ0) is 6.69. The molecule has 0 unspecified atom stereocenters. The summed E-state index contributed by atoms with van der Waals surface area (Å²) >= 11 is 5.60. The van der Waals surface area contributed by atoms with Crippen LogP contribution in [0.4, 0.5) is 5.82 Å². The van der Waals surface area contributed by atoms with Crippen LogP contribution < -0.4 is 0 Å². The molecule has 1 heterocycles. The Morgan fingerprint density at radius 3 is 2.89 bits per heavy atom. The molecule has 0 aliphatic heterocycles. The molecule has 0 atom stereocenters. The van der Waals surface area contributed by atoms with Gasteiger partial charge in [0.05, 0.1) is 0 Å². The van der Waals surface area contributed by atoms with Gasteiger partial charge in [-0.15, -0.1) is 0 Å². The van der Waals surface area contributed by atoms with E-state index in [1.165, 1.54) is 0 Å². The summed E-state index contributed by atoms with van der Waals surface area (Å²) < 4.78 is 0. The van der Waals surface area contributed by atoms with Crippen LogP contribution in [0.5, 0.6) is 0 Å². The highest BCUT2D eigenvalue weighted by molar-refractivity contribution is 6.30. The van der Waals surface area contributed by atoms with Gasteiger partial charge in [0.15, 0.2) is 5.82 Å². The lowest BCUT2D eigenvalue weighted by Gasteiger charge is -1.89. The number of aromatic nitrogens is 1. The highest BCUT2D eigenvalue weighted by atomic mass is 35.5. The minimum atomic E-state index is 0.558. The van der Waals surface area contributed by atoms with Crippen molar-refractivity contribution in [3.63, 3.8) is 0 Å². The first-order valence-electron chi connectivity index (χ1n) is 2.41. The van der Waals surface area contributed by atoms with E-state index < -0.39 is 0 Å². The summed E-state index contributed by atoms with van der Waals surface area (Å²) in [5, 5.41) is 0.632. The Balaban J connectivity index is 3.07. The summed E-state index contributed by atoms with van der Waals surface area (Å²) in [5.74, 6) is 0.558. The van der Waals surface area contributed by atoms with Gasteiger partial charge in [-0.3, -0.25) is 0 Å². The van der Waals surface area contributed by atoms with E-state index in [9.17, 15) is 0 Å². The van der Waals surface area contributed by atoms with Crippen LogP contribution >= 0.6 is 11.6 Å². The number of hydrogen-bond acceptors (Lipinski definition) is 2. The second-order valence-corrected chi connectivity index (χ2v) is 1.93. The van der Waals surface area contributed by atoms with Gasteiger partial charge in [-0.25, -0.2) is 9.98 Å². The van der Waals surface area contributed by atoms with Gasteiger partial charge in [-0.05, 0) is 12.8 Å². The van der Waals surface area contributed by atoms with Gasteiger partial charge in [0, 0.05) is 17.3 Å². The maximum absolute atomic E-state index is 5.60. The topological polar surface area (TPSA) is 25.2 Å². The summed E-state index contributed by atoms with van der Waals surface area (Å²) in [6.45, 7) is 3.30. The Labute approximate surface area is 58.2 Å². The van der Waals surface area contributed by atoms with Crippen molar-refractivity contribution >= 4 is 24.1 Å². The van der Waals surface area contributed by atoms with Crippen LogP contribution in [0.3, 0.4) is 0 Å². The Bertz CT molecular complexity index is 222. The van der Waals surface area contributed by atoms with Gasteiger partial charge >= 0.3 is 0 Å². The largest absolute Gasteiger partial charge is 0.245 e. The fourth-order valence-corrected chi connectivity index (χ4v) is 0.634. The van der Waals surface area contributed by atoms with Crippen LogP contribution in [-0.4, -0.2) is 11.7 Å². The van der Waals surface area contributed by atoms with Crippen molar-refractivity contribution in [2.45, 2.75) is 0 Å². The summed E-state index contributed by atoms with van der Waals surface area (Å²) in [4.78, 5) is 7.43. The fourth-order valence-electron chi connectivity index (χ4n) is 0.480. The molecule has 0 saturated heterocycles. The highest BCUT2D eigenvalue weighted by Crippen LogP contribution is 2.12. The van der Waals surface area contributed by atoms with Gasteiger partial charge in [-0.2, -0.15) is 0 Å². The van der Waals surface area contributed by atoms with E-state index in [0.29, 0.717) is 10.8 Å². The first kappa shape index (κ1) is 6.23. The maximum Gasteiger partial charge on any atom is 0.152 e. The molecule has 3 heteroatoms. The standard InChI is InChI=1S/C6H5ClN2/c1-8-6-4-5(7)2-3-9-6/h2-4H,1H2. The van der Waals surface area contributed by atoms with Crippen LogP contribution in [0, 0.1) is 0 Å². The molecule has 2 nitrogen and oxygen atoms in total. The lowest BCUT2D eigenvalue weighted by molar-refractivity contribution is 1.28. The SMILES string of the molecule is C=Nc1cc(Cl)ccn1. The van der Waals surface area contributed by atoms with E-state index in [4.69, 9.17) is 11.6 Å². The zero-order valence-corrected chi connectivity index (χ0v) is 5.47. The van der Waals surface area contributed by atoms with Crippen molar-refractivity contribution < 1.29 is 0 Å². The molecular weight excluding hydrogens is 136 g/mol. The van der Waals surface area contributed by atoms with Crippen molar-refractivity contribution in [3.8, 4) is 0 Å². The van der Waals surface area contributed by atoms with E-state index in [1.54, 1.807) is 18.3 Å². The molecule has 0 aliphatic carbocycles. The molecule has 1 aromatic rings. The van der Waals surface area contributed by atoms with Crippen LogP contribution in [0.15, 0.2) is 23.3 Å². The van der Waals surface area contributed by atoms with E-state index in [1.807, 2.05) is 0 Å². The van der Waals surface area contributed by atoms with E-state index in [0.717, 1.165) is 0 Å². The smallest absolute Gasteiger partial charge is 0.152 e. The molecule has 0 bridgehead atoms. The first-order chi connectivity index (χ1) is 4.33. The molecule has 0 spiro atoms. The lowest BCUT2D eigenvalue weighted by Crippen LogP contribution is -1.69. The van der Waals surface area contributed by atoms with Gasteiger partial charge in [0.2, 0.25) is 0 Å². The van der Waals surface area contributed by atoms with Gasteiger partial charge < -0.3 is 0 Å². The second-order valence-electron chi connectivity index (χ2n) is 1.49. The minimum Gasteiger partial charge on any atom is -0.245 e. The second kappa shape index (κ2) is 2.60. The van der Waals surface area contributed by atoms with E-state index >= 15 is 0 Å². The number of nitrogens with zero attached hydrogens (tertiary/aromatic N) is 2. The third-order valence-corrected chi connectivity index (χ3v) is 1.10. The van der Waals surface area contributed by atoms with Crippen molar-refractivity contribution in [2.75, 3.05) is 0 Å². The van der Waals surface area contributed by atoms with Crippen LogP contribution in [0.25, 0.3) is 0 Å². The summed E-state index contributed by atoms with van der Waals surface area (Å²) in [6, 6.07) is 3.34. The van der Waals surface area contributed by atoms with Crippen molar-refractivity contribution in [3.05, 3.63) is 23.4 Å². The highest BCUT2D eigenvalue weighted by Gasteiger charge is 1.87. The number of halogens is 1. The number of hydrogen-bond donors (Lipinski definition) is 0. The molecule has 0 radical (unpaired) electrons. The normalized spacial score (nSPS) is 9.00. The molecule has 0 aliphatic rings. The summed E-state index contributed by atoms with van der Waals surface area (Å²) in [7, 11) is 0. The van der Waals surface area contributed by atoms with E-state index in [-0.39, 0.29) is 0 Å². The quantitative estimate of drug-likeness (QED) is 0.549. The van der Waals surface area contributed by atoms with Crippen LogP contribution in [0.1, 0.15) is 0 Å². The number of pyridine rings is 1. The Morgan fingerprint density at radius 1 is 1.67 bits per heavy atom. The van der Waals surface area contributed by atoms with Gasteiger partial charge in [0.1, 0.15) is 0 Å². The lowest BCUT2D eigenvalue weighted by atomic mass is 10.5. The predicted molar refractivity (Wildman–Crippen MR) is 38.5 cm³/mol. The minimum absolute atomic E-state index is 0.558. The molecule has 1 aromatic heterocycles. The molecule has 0 saturated carbocycles. The summed E-state index contributed by atoms with van der Waals surface area (Å²) in [6.07, 6.45) is 1.59. The molecule has 1 rings (SSSR count). The van der Waals surface area contributed by atoms with Crippen molar-refractivity contribution in [2.24, 2.45) is 4.99 Å². The molecule has 0 N–H and O–H groups in total. The predicted octanol–water partition coefficient (Wildman–Crippen LogP) is 2.07. The third-order valence-electron chi connectivity index (χ3n) is 0.870. The van der Waals surface area contributed by atoms with Crippen LogP contribution in [-0.2, 0) is 0 Å². The third kappa shape index (κ3) is 1.50. The average Bonchev–Trinajstić information content (AvgIpc) is 1.88. The number of aliphatic imine (C=N–C) groups is 1. The average molecular weight is 141 g/mol. The first-order valence-corrected chi connectivity index (χ1v) is 2.79. The fraction of sp³-hybridized carbons (Fsp3) is 0. The Kier molecular flexibility index (Phi) is 1.80. The Morgan fingerprint density at radius 2 is 2.44 bits per heavy atom. The zero-order valence-electron chi connectivity index (χ0n) is 4.71. The van der Waals surface area contributed by atoms with Gasteiger partial charge in [-0.1, -0.05) is 11.6 Å². The number of rotatable bonds is 1. The maximum atomic E-state index is 5.60. The molecule has 0 fully saturated rings. The Hall–Kier alpha value is -0.890. The van der Waals surface area contributed by atoms with E-state index in [2.05, 4.69) is 16.7 Å². The molecule has 9 heavy (non-hydrogen) atoms. The van der Waals surface area contributed by atoms with Crippen molar-refractivity contribution in [1.82, 2.24) is 4.98 Å².